The lowest BCUT2D eigenvalue weighted by Gasteiger charge is -2.42. The summed E-state index contributed by atoms with van der Waals surface area (Å²) in [4.78, 5) is 0. The Balaban J connectivity index is 2.56. The van der Waals surface area contributed by atoms with E-state index in [1.807, 2.05) is 13.8 Å². The van der Waals surface area contributed by atoms with Gasteiger partial charge in [-0.15, -0.1) is 0 Å². The molecule has 1 aliphatic rings. The fourth-order valence-corrected chi connectivity index (χ4v) is 2.27. The first-order valence-corrected chi connectivity index (χ1v) is 5.28. The predicted molar refractivity (Wildman–Crippen MR) is 58.7 cm³/mol. The fraction of sp³-hybridized carbons (Fsp3) is 0.500. The van der Waals surface area contributed by atoms with Gasteiger partial charge in [-0.25, -0.2) is 4.39 Å². The molecule has 0 radical (unpaired) electrons. The topological polar surface area (TPSA) is 55.5 Å². The number of nitrogens with two attached hydrogens (primary N) is 1. The quantitative estimate of drug-likeness (QED) is 0.762. The molecule has 0 aliphatic carbocycles. The second-order valence-corrected chi connectivity index (χ2v) is 4.91. The SMILES string of the molecule is CC1(C)CC(O)(CN)c2cc(F)ccc2O1. The Morgan fingerprint density at radius 2 is 2.19 bits per heavy atom. The molecule has 0 saturated carbocycles. The summed E-state index contributed by atoms with van der Waals surface area (Å²) < 4.78 is 18.8. The van der Waals surface area contributed by atoms with Crippen LogP contribution < -0.4 is 10.5 Å². The van der Waals surface area contributed by atoms with Crippen LogP contribution in [0.5, 0.6) is 5.75 Å². The summed E-state index contributed by atoms with van der Waals surface area (Å²) in [6.07, 6.45) is 0.354. The number of benzene rings is 1. The van der Waals surface area contributed by atoms with E-state index in [0.29, 0.717) is 17.7 Å². The largest absolute Gasteiger partial charge is 0.487 e. The minimum absolute atomic E-state index is 0.0518. The second kappa shape index (κ2) is 3.43. The predicted octanol–water partition coefficient (Wildman–Crippen LogP) is 1.53. The van der Waals surface area contributed by atoms with Crippen LogP contribution in [0.15, 0.2) is 18.2 Å². The Hall–Kier alpha value is -1.13. The van der Waals surface area contributed by atoms with Crippen LogP contribution in [0.1, 0.15) is 25.8 Å². The number of fused-ring (bicyclic) bond motifs is 1. The van der Waals surface area contributed by atoms with Gasteiger partial charge in [-0.05, 0) is 32.0 Å². The number of hydrogen-bond acceptors (Lipinski definition) is 3. The van der Waals surface area contributed by atoms with Crippen LogP contribution in [0.25, 0.3) is 0 Å². The number of ether oxygens (including phenoxy) is 1. The van der Waals surface area contributed by atoms with Gasteiger partial charge in [0.15, 0.2) is 0 Å². The maximum atomic E-state index is 13.2. The van der Waals surface area contributed by atoms with Gasteiger partial charge >= 0.3 is 0 Å². The van der Waals surface area contributed by atoms with E-state index in [0.717, 1.165) is 0 Å². The van der Waals surface area contributed by atoms with Crippen molar-refractivity contribution in [1.82, 2.24) is 0 Å². The zero-order valence-corrected chi connectivity index (χ0v) is 9.46. The van der Waals surface area contributed by atoms with Gasteiger partial charge in [-0.3, -0.25) is 0 Å². The molecule has 3 nitrogen and oxygen atoms in total. The first-order chi connectivity index (χ1) is 7.36. The Labute approximate surface area is 94.0 Å². The van der Waals surface area contributed by atoms with Gasteiger partial charge in [-0.1, -0.05) is 0 Å². The molecule has 16 heavy (non-hydrogen) atoms. The van der Waals surface area contributed by atoms with E-state index in [2.05, 4.69) is 0 Å². The summed E-state index contributed by atoms with van der Waals surface area (Å²) in [6, 6.07) is 4.14. The Morgan fingerprint density at radius 1 is 1.50 bits per heavy atom. The molecule has 1 heterocycles. The van der Waals surface area contributed by atoms with Crippen molar-refractivity contribution in [2.24, 2.45) is 5.73 Å². The van der Waals surface area contributed by atoms with Crippen LogP contribution in [0.2, 0.25) is 0 Å². The van der Waals surface area contributed by atoms with E-state index < -0.39 is 17.0 Å². The van der Waals surface area contributed by atoms with Gasteiger partial charge in [0.05, 0.1) is 0 Å². The smallest absolute Gasteiger partial charge is 0.126 e. The molecule has 0 spiro atoms. The summed E-state index contributed by atoms with van der Waals surface area (Å²) in [7, 11) is 0. The average Bonchev–Trinajstić information content (AvgIpc) is 2.18. The summed E-state index contributed by atoms with van der Waals surface area (Å²) in [6.45, 7) is 3.80. The molecular weight excluding hydrogens is 209 g/mol. The minimum atomic E-state index is -1.21. The highest BCUT2D eigenvalue weighted by Crippen LogP contribution is 2.43. The molecule has 1 aliphatic heterocycles. The maximum absolute atomic E-state index is 13.2. The van der Waals surface area contributed by atoms with Gasteiger partial charge in [0.25, 0.3) is 0 Å². The van der Waals surface area contributed by atoms with E-state index >= 15 is 0 Å². The van der Waals surface area contributed by atoms with Crippen LogP contribution >= 0.6 is 0 Å². The molecule has 3 N–H and O–H groups in total. The highest BCUT2D eigenvalue weighted by Gasteiger charge is 2.43. The molecule has 1 aromatic carbocycles. The van der Waals surface area contributed by atoms with Crippen LogP contribution in [-0.4, -0.2) is 17.3 Å². The van der Waals surface area contributed by atoms with Gasteiger partial charge in [0.1, 0.15) is 22.8 Å². The molecular formula is C12H16FNO2. The summed E-state index contributed by atoms with van der Waals surface area (Å²) in [5, 5.41) is 10.4. The Bertz CT molecular complexity index is 419. The Morgan fingerprint density at radius 3 is 2.81 bits per heavy atom. The van der Waals surface area contributed by atoms with Crippen LogP contribution in [0.3, 0.4) is 0 Å². The summed E-state index contributed by atoms with van der Waals surface area (Å²) in [5.74, 6) is 0.111. The molecule has 1 unspecified atom stereocenters. The van der Waals surface area contributed by atoms with Crippen LogP contribution in [0, 0.1) is 5.82 Å². The van der Waals surface area contributed by atoms with E-state index in [1.165, 1.54) is 18.2 Å². The van der Waals surface area contributed by atoms with E-state index in [4.69, 9.17) is 10.5 Å². The molecule has 2 rings (SSSR count). The van der Waals surface area contributed by atoms with Crippen molar-refractivity contribution in [3.63, 3.8) is 0 Å². The molecule has 0 bridgehead atoms. The molecule has 0 saturated heterocycles. The highest BCUT2D eigenvalue weighted by molar-refractivity contribution is 5.41. The van der Waals surface area contributed by atoms with Crippen LogP contribution in [-0.2, 0) is 5.60 Å². The van der Waals surface area contributed by atoms with Gasteiger partial charge in [-0.2, -0.15) is 0 Å². The van der Waals surface area contributed by atoms with Gasteiger partial charge in [0.2, 0.25) is 0 Å². The third kappa shape index (κ3) is 1.79. The molecule has 88 valence electrons. The third-order valence-corrected chi connectivity index (χ3v) is 2.89. The molecule has 0 amide bonds. The van der Waals surface area contributed by atoms with E-state index in [-0.39, 0.29) is 6.54 Å². The van der Waals surface area contributed by atoms with E-state index in [1.54, 1.807) is 0 Å². The molecule has 4 heteroatoms. The molecule has 1 atom stereocenters. The van der Waals surface area contributed by atoms with Gasteiger partial charge in [0, 0.05) is 18.5 Å². The third-order valence-electron chi connectivity index (χ3n) is 2.89. The summed E-state index contributed by atoms with van der Waals surface area (Å²) in [5.41, 5.74) is 4.32. The first-order valence-electron chi connectivity index (χ1n) is 5.28. The number of aliphatic hydroxyl groups is 1. The lowest BCUT2D eigenvalue weighted by molar-refractivity contribution is -0.0580. The molecule has 0 fully saturated rings. The highest BCUT2D eigenvalue weighted by atomic mass is 19.1. The average molecular weight is 225 g/mol. The fourth-order valence-electron chi connectivity index (χ4n) is 2.27. The lowest BCUT2D eigenvalue weighted by atomic mass is 9.80. The zero-order valence-electron chi connectivity index (χ0n) is 9.46. The minimum Gasteiger partial charge on any atom is -0.487 e. The standard InChI is InChI=1S/C12H16FNO2/c1-11(2)6-12(15,7-14)9-5-8(13)3-4-10(9)16-11/h3-5,15H,6-7,14H2,1-2H3. The Kier molecular flexibility index (Phi) is 2.44. The van der Waals surface area contributed by atoms with E-state index in [9.17, 15) is 9.50 Å². The summed E-state index contributed by atoms with van der Waals surface area (Å²) >= 11 is 0. The van der Waals surface area contributed by atoms with Crippen molar-refractivity contribution in [1.29, 1.82) is 0 Å². The first kappa shape index (κ1) is 11.4. The normalized spacial score (nSPS) is 27.1. The van der Waals surface area contributed by atoms with Crippen molar-refractivity contribution in [2.75, 3.05) is 6.54 Å². The number of hydrogen-bond donors (Lipinski definition) is 2. The molecule has 0 aromatic heterocycles. The van der Waals surface area contributed by atoms with Crippen molar-refractivity contribution in [3.8, 4) is 5.75 Å². The second-order valence-electron chi connectivity index (χ2n) is 4.91. The monoisotopic (exact) mass is 225 g/mol. The number of rotatable bonds is 1. The maximum Gasteiger partial charge on any atom is 0.126 e. The molecule has 1 aromatic rings. The van der Waals surface area contributed by atoms with Crippen molar-refractivity contribution in [2.45, 2.75) is 31.5 Å². The van der Waals surface area contributed by atoms with Crippen molar-refractivity contribution in [3.05, 3.63) is 29.6 Å². The van der Waals surface area contributed by atoms with Crippen molar-refractivity contribution >= 4 is 0 Å². The van der Waals surface area contributed by atoms with Gasteiger partial charge < -0.3 is 15.6 Å². The lowest BCUT2D eigenvalue weighted by Crippen LogP contribution is -2.48. The van der Waals surface area contributed by atoms with Crippen LogP contribution in [0.4, 0.5) is 4.39 Å². The number of halogens is 1. The zero-order chi connectivity index (χ0) is 12.0. The van der Waals surface area contributed by atoms with Crippen molar-refractivity contribution < 1.29 is 14.2 Å².